The molecule has 0 spiro atoms. The third kappa shape index (κ3) is 4.06. The second kappa shape index (κ2) is 6.02. The average Bonchev–Trinajstić information content (AvgIpc) is 2.28. The zero-order chi connectivity index (χ0) is 12.2. The van der Waals surface area contributed by atoms with Gasteiger partial charge in [-0.3, -0.25) is 0 Å². The highest BCUT2D eigenvalue weighted by Gasteiger charge is 2.27. The maximum atomic E-state index is 5.81. The first-order valence-corrected chi connectivity index (χ1v) is 6.89. The normalized spacial score (nSPS) is 27.4. The van der Waals surface area contributed by atoms with Gasteiger partial charge in [-0.2, -0.15) is 0 Å². The van der Waals surface area contributed by atoms with Crippen LogP contribution in [0.25, 0.3) is 0 Å². The molecule has 16 heavy (non-hydrogen) atoms. The Morgan fingerprint density at radius 1 is 1.31 bits per heavy atom. The molecule has 0 aromatic heterocycles. The van der Waals surface area contributed by atoms with Gasteiger partial charge in [0.2, 0.25) is 0 Å². The van der Waals surface area contributed by atoms with Gasteiger partial charge < -0.3 is 10.6 Å². The van der Waals surface area contributed by atoms with Gasteiger partial charge in [0.1, 0.15) is 0 Å². The minimum atomic E-state index is 0.258. The molecule has 1 fully saturated rings. The largest absolute Gasteiger partial charge is 0.330 e. The van der Waals surface area contributed by atoms with Gasteiger partial charge in [-0.15, -0.1) is 0 Å². The van der Waals surface area contributed by atoms with E-state index in [1.807, 2.05) is 0 Å². The van der Waals surface area contributed by atoms with E-state index in [0.29, 0.717) is 0 Å². The van der Waals surface area contributed by atoms with Crippen LogP contribution in [0.15, 0.2) is 0 Å². The van der Waals surface area contributed by atoms with Crippen molar-refractivity contribution in [3.63, 3.8) is 0 Å². The Balaban J connectivity index is 2.44. The van der Waals surface area contributed by atoms with Crippen molar-refractivity contribution in [1.29, 1.82) is 0 Å². The molecule has 0 heterocycles. The fourth-order valence-corrected chi connectivity index (χ4v) is 2.90. The molecule has 2 nitrogen and oxygen atoms in total. The second-order valence-corrected chi connectivity index (χ2v) is 6.38. The number of rotatable bonds is 5. The Kier molecular flexibility index (Phi) is 5.26. The number of hydrogen-bond acceptors (Lipinski definition) is 2. The lowest BCUT2D eigenvalue weighted by molar-refractivity contribution is 0.114. The maximum Gasteiger partial charge on any atom is 0.00950 e. The first-order chi connectivity index (χ1) is 7.48. The fourth-order valence-electron chi connectivity index (χ4n) is 2.90. The molecule has 1 aliphatic rings. The first-order valence-electron chi connectivity index (χ1n) is 6.89. The van der Waals surface area contributed by atoms with E-state index < -0.39 is 0 Å². The number of nitrogens with two attached hydrogens (primary N) is 1. The van der Waals surface area contributed by atoms with E-state index >= 15 is 0 Å². The van der Waals surface area contributed by atoms with Crippen molar-refractivity contribution >= 4 is 0 Å². The van der Waals surface area contributed by atoms with Crippen molar-refractivity contribution in [2.45, 2.75) is 58.9 Å². The van der Waals surface area contributed by atoms with Crippen LogP contribution in [-0.2, 0) is 0 Å². The minimum absolute atomic E-state index is 0.258. The molecule has 0 amide bonds. The molecule has 2 atom stereocenters. The highest BCUT2D eigenvalue weighted by atomic mass is 15.1. The molecule has 0 aromatic carbocycles. The molecule has 0 saturated heterocycles. The van der Waals surface area contributed by atoms with Crippen LogP contribution >= 0.6 is 0 Å². The lowest BCUT2D eigenvalue weighted by Crippen LogP contribution is -2.43. The van der Waals surface area contributed by atoms with Gasteiger partial charge in [0.25, 0.3) is 0 Å². The lowest BCUT2D eigenvalue weighted by Gasteiger charge is -2.38. The Hall–Kier alpha value is -0.0800. The van der Waals surface area contributed by atoms with Crippen LogP contribution < -0.4 is 5.73 Å². The molecule has 2 unspecified atom stereocenters. The topological polar surface area (TPSA) is 29.3 Å². The minimum Gasteiger partial charge on any atom is -0.330 e. The van der Waals surface area contributed by atoms with Crippen molar-refractivity contribution < 1.29 is 0 Å². The van der Waals surface area contributed by atoms with Crippen LogP contribution in [0.1, 0.15) is 52.9 Å². The van der Waals surface area contributed by atoms with Crippen LogP contribution in [0.2, 0.25) is 0 Å². The van der Waals surface area contributed by atoms with Gasteiger partial charge in [0.15, 0.2) is 0 Å². The standard InChI is InChI=1S/C14H30N2/c1-5-12-7-6-8-13(9-12)16(4)11-14(2,3)10-15/h12-13H,5-11,15H2,1-4H3. The molecule has 2 heteroatoms. The Bertz CT molecular complexity index is 201. The van der Waals surface area contributed by atoms with Gasteiger partial charge in [-0.05, 0) is 37.8 Å². The molecule has 0 bridgehead atoms. The van der Waals surface area contributed by atoms with Crippen molar-refractivity contribution in [3.05, 3.63) is 0 Å². The zero-order valence-electron chi connectivity index (χ0n) is 11.6. The summed E-state index contributed by atoms with van der Waals surface area (Å²) in [7, 11) is 2.28. The molecule has 1 aliphatic carbocycles. The third-order valence-electron chi connectivity index (χ3n) is 4.19. The second-order valence-electron chi connectivity index (χ2n) is 6.38. The van der Waals surface area contributed by atoms with Gasteiger partial charge in [0, 0.05) is 12.6 Å². The first kappa shape index (κ1) is 14.0. The summed E-state index contributed by atoms with van der Waals surface area (Å²) >= 11 is 0. The van der Waals surface area contributed by atoms with Crippen LogP contribution in [-0.4, -0.2) is 31.1 Å². The molecule has 2 N–H and O–H groups in total. The van der Waals surface area contributed by atoms with E-state index in [1.165, 1.54) is 32.1 Å². The number of hydrogen-bond donors (Lipinski definition) is 1. The summed E-state index contributed by atoms with van der Waals surface area (Å²) in [6, 6.07) is 0.796. The fraction of sp³-hybridized carbons (Fsp3) is 1.00. The van der Waals surface area contributed by atoms with Crippen LogP contribution in [0.4, 0.5) is 0 Å². The molecular weight excluding hydrogens is 196 g/mol. The molecule has 0 radical (unpaired) electrons. The predicted octanol–water partition coefficient (Wildman–Crippen LogP) is 2.87. The van der Waals surface area contributed by atoms with Gasteiger partial charge >= 0.3 is 0 Å². The molecule has 1 rings (SSSR count). The van der Waals surface area contributed by atoms with E-state index in [0.717, 1.165) is 25.0 Å². The summed E-state index contributed by atoms with van der Waals surface area (Å²) in [4.78, 5) is 2.55. The Labute approximate surface area is 102 Å². The Morgan fingerprint density at radius 2 is 2.00 bits per heavy atom. The summed E-state index contributed by atoms with van der Waals surface area (Å²) in [5, 5.41) is 0. The van der Waals surface area contributed by atoms with E-state index in [1.54, 1.807) is 0 Å². The van der Waals surface area contributed by atoms with Gasteiger partial charge in [0.05, 0.1) is 0 Å². The van der Waals surface area contributed by atoms with Crippen molar-refractivity contribution in [2.75, 3.05) is 20.1 Å². The van der Waals surface area contributed by atoms with Gasteiger partial charge in [-0.25, -0.2) is 0 Å². The SMILES string of the molecule is CCC1CCCC(N(C)CC(C)(C)CN)C1. The summed E-state index contributed by atoms with van der Waals surface area (Å²) in [5.74, 6) is 0.960. The van der Waals surface area contributed by atoms with E-state index in [4.69, 9.17) is 5.73 Å². The highest BCUT2D eigenvalue weighted by Crippen LogP contribution is 2.30. The highest BCUT2D eigenvalue weighted by molar-refractivity contribution is 4.82. The quantitative estimate of drug-likeness (QED) is 0.781. The predicted molar refractivity (Wildman–Crippen MR) is 71.5 cm³/mol. The monoisotopic (exact) mass is 226 g/mol. The van der Waals surface area contributed by atoms with E-state index in [2.05, 4.69) is 32.7 Å². The van der Waals surface area contributed by atoms with Gasteiger partial charge in [-0.1, -0.05) is 40.0 Å². The molecule has 1 saturated carbocycles. The average molecular weight is 226 g/mol. The van der Waals surface area contributed by atoms with E-state index in [-0.39, 0.29) is 5.41 Å². The van der Waals surface area contributed by atoms with Crippen molar-refractivity contribution in [3.8, 4) is 0 Å². The van der Waals surface area contributed by atoms with Crippen molar-refractivity contribution in [2.24, 2.45) is 17.1 Å². The zero-order valence-corrected chi connectivity index (χ0v) is 11.6. The molecule has 96 valence electrons. The van der Waals surface area contributed by atoms with Crippen LogP contribution in [0.5, 0.6) is 0 Å². The molecule has 0 aromatic rings. The van der Waals surface area contributed by atoms with Crippen molar-refractivity contribution in [1.82, 2.24) is 4.90 Å². The lowest BCUT2D eigenvalue weighted by atomic mass is 9.82. The third-order valence-corrected chi connectivity index (χ3v) is 4.19. The summed E-state index contributed by atoms with van der Waals surface area (Å²) in [6.45, 7) is 8.77. The summed E-state index contributed by atoms with van der Waals surface area (Å²) in [5.41, 5.74) is 6.07. The molecular formula is C14H30N2. The van der Waals surface area contributed by atoms with Crippen LogP contribution in [0, 0.1) is 11.3 Å². The Morgan fingerprint density at radius 3 is 2.56 bits per heavy atom. The maximum absolute atomic E-state index is 5.81. The van der Waals surface area contributed by atoms with Crippen LogP contribution in [0.3, 0.4) is 0 Å². The summed E-state index contributed by atoms with van der Waals surface area (Å²) < 4.78 is 0. The molecule has 0 aliphatic heterocycles. The smallest absolute Gasteiger partial charge is 0.00950 e. The summed E-state index contributed by atoms with van der Waals surface area (Å²) in [6.07, 6.45) is 6.99. The van der Waals surface area contributed by atoms with E-state index in [9.17, 15) is 0 Å². The number of nitrogens with zero attached hydrogens (tertiary/aromatic N) is 1.